The summed E-state index contributed by atoms with van der Waals surface area (Å²) in [4.78, 5) is 35.2. The third kappa shape index (κ3) is 4.00. The zero-order chi connectivity index (χ0) is 15.2. The molecular formula is C15H13NO4S. The van der Waals surface area contributed by atoms with Gasteiger partial charge in [0, 0.05) is 5.56 Å². The minimum atomic E-state index is -0.542. The van der Waals surface area contributed by atoms with E-state index >= 15 is 0 Å². The number of Topliss-reactive ketones (excluding diaryl/α,β-unsaturated/α-hetero) is 1. The highest BCUT2D eigenvalue weighted by Crippen LogP contribution is 2.15. The third-order valence-corrected chi connectivity index (χ3v) is 3.49. The van der Waals surface area contributed by atoms with E-state index in [0.717, 1.165) is 0 Å². The Morgan fingerprint density at radius 1 is 1.14 bits per heavy atom. The molecular weight excluding hydrogens is 290 g/mol. The number of carbonyl (C=O) groups excluding carboxylic acids is 3. The molecule has 5 nitrogen and oxygen atoms in total. The third-order valence-electron chi connectivity index (χ3n) is 2.64. The first-order valence-electron chi connectivity index (χ1n) is 6.18. The fourth-order valence-electron chi connectivity index (χ4n) is 1.68. The average Bonchev–Trinajstić information content (AvgIpc) is 2.99. The molecule has 0 fully saturated rings. The van der Waals surface area contributed by atoms with Crippen LogP contribution in [0, 0.1) is 0 Å². The quantitative estimate of drug-likeness (QED) is 0.681. The van der Waals surface area contributed by atoms with Gasteiger partial charge in [-0.2, -0.15) is 0 Å². The van der Waals surface area contributed by atoms with E-state index in [1.807, 2.05) is 0 Å². The van der Waals surface area contributed by atoms with Crippen LogP contribution >= 0.6 is 11.3 Å². The Morgan fingerprint density at radius 2 is 1.90 bits per heavy atom. The largest absolute Gasteiger partial charge is 0.451 e. The van der Waals surface area contributed by atoms with Crippen molar-refractivity contribution in [2.45, 2.75) is 6.92 Å². The van der Waals surface area contributed by atoms with E-state index in [2.05, 4.69) is 5.32 Å². The Labute approximate surface area is 125 Å². The Kier molecular flexibility index (Phi) is 4.84. The van der Waals surface area contributed by atoms with Crippen molar-refractivity contribution in [3.05, 3.63) is 52.2 Å². The highest BCUT2D eigenvalue weighted by Gasteiger charge is 2.13. The smallest absolute Gasteiger partial charge is 0.348 e. The van der Waals surface area contributed by atoms with Gasteiger partial charge in [-0.1, -0.05) is 18.2 Å². The normalized spacial score (nSPS) is 9.95. The maximum atomic E-state index is 11.8. The molecule has 1 N–H and O–H groups in total. The molecule has 1 aromatic carbocycles. The van der Waals surface area contributed by atoms with E-state index in [4.69, 9.17) is 4.74 Å². The molecule has 0 aliphatic rings. The van der Waals surface area contributed by atoms with Gasteiger partial charge in [-0.25, -0.2) is 4.79 Å². The van der Waals surface area contributed by atoms with Gasteiger partial charge in [0.25, 0.3) is 5.91 Å². The predicted octanol–water partition coefficient (Wildman–Crippen LogP) is 2.75. The van der Waals surface area contributed by atoms with Crippen LogP contribution in [0.1, 0.15) is 27.0 Å². The lowest BCUT2D eigenvalue weighted by Gasteiger charge is -2.09. The number of anilines is 1. The summed E-state index contributed by atoms with van der Waals surface area (Å²) in [6.45, 7) is 1.02. The van der Waals surface area contributed by atoms with E-state index in [-0.39, 0.29) is 5.78 Å². The number of para-hydroxylation sites is 1. The van der Waals surface area contributed by atoms with Crippen molar-refractivity contribution in [1.82, 2.24) is 0 Å². The van der Waals surface area contributed by atoms with E-state index in [9.17, 15) is 14.4 Å². The van der Waals surface area contributed by atoms with Gasteiger partial charge >= 0.3 is 5.97 Å². The average molecular weight is 303 g/mol. The van der Waals surface area contributed by atoms with Crippen LogP contribution in [0.15, 0.2) is 41.8 Å². The van der Waals surface area contributed by atoms with Crippen LogP contribution in [0.2, 0.25) is 0 Å². The first-order chi connectivity index (χ1) is 10.1. The molecule has 1 aromatic heterocycles. The lowest BCUT2D eigenvalue weighted by molar-refractivity contribution is -0.119. The summed E-state index contributed by atoms with van der Waals surface area (Å²) >= 11 is 1.24. The van der Waals surface area contributed by atoms with Crippen LogP contribution in [-0.4, -0.2) is 24.3 Å². The Balaban J connectivity index is 1.93. The van der Waals surface area contributed by atoms with Crippen molar-refractivity contribution in [2.75, 3.05) is 11.9 Å². The maximum absolute atomic E-state index is 11.8. The summed E-state index contributed by atoms with van der Waals surface area (Å²) < 4.78 is 4.90. The SMILES string of the molecule is CC(=O)c1ccccc1NC(=O)COC(=O)c1cccs1. The number of amides is 1. The summed E-state index contributed by atoms with van der Waals surface area (Å²) in [5, 5.41) is 4.31. The number of hydrogen-bond acceptors (Lipinski definition) is 5. The number of rotatable bonds is 5. The lowest BCUT2D eigenvalue weighted by Crippen LogP contribution is -2.21. The summed E-state index contributed by atoms with van der Waals surface area (Å²) in [5.74, 6) is -1.19. The molecule has 2 rings (SSSR count). The first-order valence-corrected chi connectivity index (χ1v) is 7.06. The first kappa shape index (κ1) is 14.9. The topological polar surface area (TPSA) is 72.5 Å². The molecule has 0 atom stereocenters. The van der Waals surface area contributed by atoms with Gasteiger partial charge in [0.1, 0.15) is 4.88 Å². The van der Waals surface area contributed by atoms with Crippen LogP contribution in [-0.2, 0) is 9.53 Å². The number of carbonyl (C=O) groups is 3. The monoisotopic (exact) mass is 303 g/mol. The zero-order valence-corrected chi connectivity index (χ0v) is 12.1. The summed E-state index contributed by atoms with van der Waals surface area (Å²) in [6.07, 6.45) is 0. The van der Waals surface area contributed by atoms with Gasteiger partial charge < -0.3 is 10.1 Å². The molecule has 0 aliphatic carbocycles. The van der Waals surface area contributed by atoms with Crippen molar-refractivity contribution in [3.8, 4) is 0 Å². The van der Waals surface area contributed by atoms with Gasteiger partial charge in [0.05, 0.1) is 5.69 Å². The van der Waals surface area contributed by atoms with Crippen molar-refractivity contribution in [1.29, 1.82) is 0 Å². The van der Waals surface area contributed by atoms with Crippen LogP contribution in [0.5, 0.6) is 0 Å². The molecule has 0 aliphatic heterocycles. The Hall–Kier alpha value is -2.47. The Bertz CT molecular complexity index is 664. The van der Waals surface area contributed by atoms with Crippen molar-refractivity contribution >= 4 is 34.7 Å². The molecule has 0 bridgehead atoms. The molecule has 2 aromatic rings. The highest BCUT2D eigenvalue weighted by atomic mass is 32.1. The Morgan fingerprint density at radius 3 is 2.57 bits per heavy atom. The van der Waals surface area contributed by atoms with Gasteiger partial charge in [-0.15, -0.1) is 11.3 Å². The molecule has 108 valence electrons. The standard InChI is InChI=1S/C15H13NO4S/c1-10(17)11-5-2-3-6-12(11)16-14(18)9-20-15(19)13-7-4-8-21-13/h2-8H,9H2,1H3,(H,16,18). The molecule has 0 unspecified atom stereocenters. The van der Waals surface area contributed by atoms with E-state index < -0.39 is 18.5 Å². The minimum Gasteiger partial charge on any atom is -0.451 e. The number of ether oxygens (including phenoxy) is 1. The minimum absolute atomic E-state index is 0.151. The molecule has 0 spiro atoms. The van der Waals surface area contributed by atoms with Crippen LogP contribution in [0.25, 0.3) is 0 Å². The van der Waals surface area contributed by atoms with E-state index in [0.29, 0.717) is 16.1 Å². The maximum Gasteiger partial charge on any atom is 0.348 e. The molecule has 6 heteroatoms. The molecule has 0 saturated heterocycles. The fourth-order valence-corrected chi connectivity index (χ4v) is 2.30. The van der Waals surface area contributed by atoms with Crippen LogP contribution < -0.4 is 5.32 Å². The number of nitrogens with one attached hydrogen (secondary N) is 1. The van der Waals surface area contributed by atoms with Gasteiger partial charge in [-0.3, -0.25) is 9.59 Å². The van der Waals surface area contributed by atoms with Crippen LogP contribution in [0.4, 0.5) is 5.69 Å². The van der Waals surface area contributed by atoms with Crippen molar-refractivity contribution in [2.24, 2.45) is 0 Å². The number of benzene rings is 1. The number of ketones is 1. The zero-order valence-electron chi connectivity index (χ0n) is 11.3. The van der Waals surface area contributed by atoms with Crippen molar-refractivity contribution < 1.29 is 19.1 Å². The predicted molar refractivity (Wildman–Crippen MR) is 79.7 cm³/mol. The summed E-state index contributed by atoms with van der Waals surface area (Å²) in [6, 6.07) is 10.0. The van der Waals surface area contributed by atoms with Gasteiger partial charge in [0.15, 0.2) is 12.4 Å². The van der Waals surface area contributed by atoms with Gasteiger partial charge in [-0.05, 0) is 30.5 Å². The second-order valence-corrected chi connectivity index (χ2v) is 5.15. The van der Waals surface area contributed by atoms with E-state index in [1.54, 1.807) is 41.8 Å². The number of hydrogen-bond donors (Lipinski definition) is 1. The van der Waals surface area contributed by atoms with Gasteiger partial charge in [0.2, 0.25) is 0 Å². The second kappa shape index (κ2) is 6.81. The molecule has 21 heavy (non-hydrogen) atoms. The number of esters is 1. The van der Waals surface area contributed by atoms with Crippen molar-refractivity contribution in [3.63, 3.8) is 0 Å². The number of thiophene rings is 1. The highest BCUT2D eigenvalue weighted by molar-refractivity contribution is 7.11. The fraction of sp³-hybridized carbons (Fsp3) is 0.133. The van der Waals surface area contributed by atoms with Crippen LogP contribution in [0.3, 0.4) is 0 Å². The molecule has 0 radical (unpaired) electrons. The summed E-state index contributed by atoms with van der Waals surface area (Å²) in [5.41, 5.74) is 0.817. The lowest BCUT2D eigenvalue weighted by atomic mass is 10.1. The molecule has 1 heterocycles. The molecule has 1 amide bonds. The second-order valence-electron chi connectivity index (χ2n) is 4.20. The summed E-state index contributed by atoms with van der Waals surface area (Å²) in [7, 11) is 0. The molecule has 0 saturated carbocycles. The van der Waals surface area contributed by atoms with E-state index in [1.165, 1.54) is 18.3 Å².